The minimum atomic E-state index is -1.06. The number of nitrogens with zero attached hydrogens (tertiary/aromatic N) is 4. The molecule has 176 valence electrons. The molecule has 0 aliphatic carbocycles. The van der Waals surface area contributed by atoms with Crippen molar-refractivity contribution in [1.29, 1.82) is 0 Å². The van der Waals surface area contributed by atoms with Crippen LogP contribution in [-0.4, -0.2) is 41.6 Å². The number of hydrogen-bond donors (Lipinski definition) is 2. The number of carbonyl (C=O) groups excluding carboxylic acids is 1. The fourth-order valence-electron chi connectivity index (χ4n) is 4.15. The fourth-order valence-corrected chi connectivity index (χ4v) is 4.26. The molecule has 0 fully saturated rings. The molecule has 2 amide bonds. The molecule has 1 aromatic carbocycles. The molecule has 5 rings (SSSR count). The van der Waals surface area contributed by atoms with E-state index in [4.69, 9.17) is 21.1 Å². The number of fused-ring (bicyclic) bond motifs is 3. The molecule has 2 aliphatic heterocycles. The highest BCUT2D eigenvalue weighted by Gasteiger charge is 2.41. The summed E-state index contributed by atoms with van der Waals surface area (Å²) in [5.41, 5.74) is 0.871. The van der Waals surface area contributed by atoms with Crippen molar-refractivity contribution < 1.29 is 28.2 Å². The first-order valence-corrected chi connectivity index (χ1v) is 10.5. The van der Waals surface area contributed by atoms with Gasteiger partial charge >= 0.3 is 6.03 Å². The number of carbonyl (C=O) groups is 1. The number of pyridine rings is 2. The number of methoxy groups -OCH3 is 2. The van der Waals surface area contributed by atoms with Crippen molar-refractivity contribution >= 4 is 40.6 Å². The van der Waals surface area contributed by atoms with Gasteiger partial charge in [-0.3, -0.25) is 4.90 Å². The molecule has 4 heterocycles. The van der Waals surface area contributed by atoms with Crippen molar-refractivity contribution in [1.82, 2.24) is 9.97 Å². The maximum absolute atomic E-state index is 15.3. The SMILES string of the molecule is COc1cc(OC)c(F)c(N2Cc3cnc4c(c3N(c3ccc(Cl)cn3)C2=O)CC(O)N4)c1F. The van der Waals surface area contributed by atoms with Crippen molar-refractivity contribution in [2.75, 3.05) is 29.3 Å². The minimum absolute atomic E-state index is 0.172. The molecule has 0 spiro atoms. The van der Waals surface area contributed by atoms with E-state index in [9.17, 15) is 9.90 Å². The van der Waals surface area contributed by atoms with Gasteiger partial charge in [-0.15, -0.1) is 0 Å². The number of urea groups is 1. The van der Waals surface area contributed by atoms with Gasteiger partial charge in [0.15, 0.2) is 23.1 Å². The molecular weight excluding hydrogens is 472 g/mol. The van der Waals surface area contributed by atoms with Crippen LogP contribution in [0.25, 0.3) is 0 Å². The summed E-state index contributed by atoms with van der Waals surface area (Å²) < 4.78 is 40.7. The summed E-state index contributed by atoms with van der Waals surface area (Å²) in [6.07, 6.45) is 2.13. The van der Waals surface area contributed by atoms with Gasteiger partial charge in [-0.1, -0.05) is 11.6 Å². The number of anilines is 4. The Bertz CT molecular complexity index is 1280. The predicted octanol–water partition coefficient (Wildman–Crippen LogP) is 3.99. The average Bonchev–Trinajstić information content (AvgIpc) is 3.21. The maximum Gasteiger partial charge on any atom is 0.335 e. The average molecular weight is 490 g/mol. The van der Waals surface area contributed by atoms with E-state index < -0.39 is 29.6 Å². The summed E-state index contributed by atoms with van der Waals surface area (Å²) in [5, 5.41) is 13.3. The highest BCUT2D eigenvalue weighted by Crippen LogP contribution is 2.45. The van der Waals surface area contributed by atoms with Crippen LogP contribution in [0.2, 0.25) is 5.02 Å². The topological polar surface area (TPSA) is 100 Å². The van der Waals surface area contributed by atoms with E-state index in [-0.39, 0.29) is 30.3 Å². The Morgan fingerprint density at radius 2 is 1.82 bits per heavy atom. The summed E-state index contributed by atoms with van der Waals surface area (Å²) in [6.45, 7) is -0.196. The van der Waals surface area contributed by atoms with Crippen LogP contribution < -0.4 is 24.6 Å². The van der Waals surface area contributed by atoms with Gasteiger partial charge in [-0.05, 0) is 12.1 Å². The van der Waals surface area contributed by atoms with Crippen LogP contribution in [0.5, 0.6) is 11.5 Å². The molecule has 1 atom stereocenters. The number of aliphatic hydroxyl groups is 1. The van der Waals surface area contributed by atoms with Crippen LogP contribution in [0.4, 0.5) is 36.6 Å². The molecule has 3 aromatic rings. The van der Waals surface area contributed by atoms with Crippen LogP contribution in [0.1, 0.15) is 11.1 Å². The Morgan fingerprint density at radius 3 is 2.44 bits per heavy atom. The smallest absolute Gasteiger partial charge is 0.335 e. The standard InChI is InChI=1S/C22H18ClF2N5O4/c1-33-13-6-14(34-2)18(25)20(17(13)24)29-9-10-7-27-21-12(5-16(31)28-21)19(10)30(22(29)32)15-4-3-11(23)8-26-15/h3-4,6-8,16,31H,5,9H2,1-2H3,(H,27,28). The highest BCUT2D eigenvalue weighted by atomic mass is 35.5. The molecule has 2 aromatic heterocycles. The number of aliphatic hydroxyl groups excluding tert-OH is 1. The molecule has 2 aliphatic rings. The first kappa shape index (κ1) is 22.1. The van der Waals surface area contributed by atoms with E-state index in [1.807, 2.05) is 0 Å². The molecule has 9 nitrogen and oxygen atoms in total. The Kier molecular flexibility index (Phi) is 5.37. The second-order valence-corrected chi connectivity index (χ2v) is 8.06. The normalized spacial score (nSPS) is 16.8. The highest BCUT2D eigenvalue weighted by molar-refractivity contribution is 6.30. The van der Waals surface area contributed by atoms with Gasteiger partial charge in [-0.25, -0.2) is 28.4 Å². The largest absolute Gasteiger partial charge is 0.493 e. The van der Waals surface area contributed by atoms with Crippen LogP contribution in [0.3, 0.4) is 0 Å². The van der Waals surface area contributed by atoms with E-state index in [2.05, 4.69) is 15.3 Å². The van der Waals surface area contributed by atoms with Crippen molar-refractivity contribution in [2.45, 2.75) is 19.2 Å². The number of hydrogen-bond acceptors (Lipinski definition) is 7. The van der Waals surface area contributed by atoms with Crippen molar-refractivity contribution in [3.63, 3.8) is 0 Å². The maximum atomic E-state index is 15.3. The number of rotatable bonds is 4. The summed E-state index contributed by atoms with van der Waals surface area (Å²) >= 11 is 5.98. The van der Waals surface area contributed by atoms with Crippen LogP contribution in [0, 0.1) is 11.6 Å². The van der Waals surface area contributed by atoms with Gasteiger partial charge < -0.3 is 19.9 Å². The number of ether oxygens (including phenoxy) is 2. The molecule has 0 saturated carbocycles. The number of benzene rings is 1. The number of nitrogens with one attached hydrogen (secondary N) is 1. The molecule has 1 unspecified atom stereocenters. The second kappa shape index (κ2) is 8.26. The lowest BCUT2D eigenvalue weighted by molar-refractivity contribution is 0.212. The van der Waals surface area contributed by atoms with Gasteiger partial charge in [0, 0.05) is 36.0 Å². The van der Waals surface area contributed by atoms with E-state index in [0.717, 1.165) is 11.0 Å². The zero-order valence-corrected chi connectivity index (χ0v) is 18.7. The Labute approximate surface area is 197 Å². The van der Waals surface area contributed by atoms with Crippen LogP contribution in [-0.2, 0) is 13.0 Å². The Morgan fingerprint density at radius 1 is 1.12 bits per heavy atom. The number of amides is 2. The molecule has 12 heteroatoms. The van der Waals surface area contributed by atoms with E-state index in [0.29, 0.717) is 27.7 Å². The molecule has 34 heavy (non-hydrogen) atoms. The van der Waals surface area contributed by atoms with Gasteiger partial charge in [0.1, 0.15) is 23.6 Å². The van der Waals surface area contributed by atoms with Crippen LogP contribution in [0.15, 0.2) is 30.6 Å². The third-order valence-electron chi connectivity index (χ3n) is 5.66. The summed E-state index contributed by atoms with van der Waals surface area (Å²) in [7, 11) is 2.45. The van der Waals surface area contributed by atoms with E-state index >= 15 is 8.78 Å². The quantitative estimate of drug-likeness (QED) is 0.571. The van der Waals surface area contributed by atoms with E-state index in [1.54, 1.807) is 6.07 Å². The predicted molar refractivity (Wildman–Crippen MR) is 120 cm³/mol. The lowest BCUT2D eigenvalue weighted by Crippen LogP contribution is -2.46. The van der Waals surface area contributed by atoms with Crippen molar-refractivity contribution in [3.05, 3.63) is 58.4 Å². The Balaban J connectivity index is 1.74. The van der Waals surface area contributed by atoms with Gasteiger partial charge in [-0.2, -0.15) is 0 Å². The zero-order chi connectivity index (χ0) is 24.1. The van der Waals surface area contributed by atoms with E-state index in [1.165, 1.54) is 37.6 Å². The lowest BCUT2D eigenvalue weighted by atomic mass is 10.0. The monoisotopic (exact) mass is 489 g/mol. The van der Waals surface area contributed by atoms with Gasteiger partial charge in [0.05, 0.1) is 31.5 Å². The summed E-state index contributed by atoms with van der Waals surface area (Å²) in [5.74, 6) is -2.12. The summed E-state index contributed by atoms with van der Waals surface area (Å²) in [6, 6.07) is 3.35. The van der Waals surface area contributed by atoms with Crippen molar-refractivity contribution in [2.24, 2.45) is 0 Å². The number of aromatic nitrogens is 2. The Hall–Kier alpha value is -3.70. The molecule has 2 N–H and O–H groups in total. The molecule has 0 bridgehead atoms. The first-order chi connectivity index (χ1) is 16.3. The second-order valence-electron chi connectivity index (χ2n) is 7.62. The van der Waals surface area contributed by atoms with Gasteiger partial charge in [0.25, 0.3) is 0 Å². The lowest BCUT2D eigenvalue weighted by Gasteiger charge is -2.37. The fraction of sp³-hybridized carbons (Fsp3) is 0.227. The van der Waals surface area contributed by atoms with Crippen LogP contribution >= 0.6 is 11.6 Å². The van der Waals surface area contributed by atoms with Gasteiger partial charge in [0.2, 0.25) is 0 Å². The summed E-state index contributed by atoms with van der Waals surface area (Å²) in [4.78, 5) is 24.5. The molecule has 0 radical (unpaired) electrons. The third kappa shape index (κ3) is 3.35. The van der Waals surface area contributed by atoms with Crippen molar-refractivity contribution in [3.8, 4) is 11.5 Å². The first-order valence-electron chi connectivity index (χ1n) is 10.1. The zero-order valence-electron chi connectivity index (χ0n) is 18.0. The molecule has 0 saturated heterocycles. The number of halogens is 3. The minimum Gasteiger partial charge on any atom is -0.493 e. The third-order valence-corrected chi connectivity index (χ3v) is 5.89. The molecular formula is C22H18ClF2N5O4.